The Morgan fingerprint density at radius 2 is 1.93 bits per heavy atom. The molecule has 0 nitrogen and oxygen atoms in total. The minimum atomic E-state index is -0.767. The zero-order valence-electron chi connectivity index (χ0n) is 8.69. The molecule has 2 heteroatoms. The van der Waals surface area contributed by atoms with Gasteiger partial charge in [-0.1, -0.05) is 32.8 Å². The second-order valence-electron chi connectivity index (χ2n) is 3.85. The van der Waals surface area contributed by atoms with Gasteiger partial charge in [-0.2, -0.15) is 0 Å². The fourth-order valence-electron chi connectivity index (χ4n) is 1.66. The molecule has 1 aromatic rings. The fraction of sp³-hybridized carbons (Fsp3) is 0.500. The summed E-state index contributed by atoms with van der Waals surface area (Å²) < 4.78 is 25.4. The molecular weight excluding hydrogens is 182 g/mol. The van der Waals surface area contributed by atoms with Crippen LogP contribution < -0.4 is 0 Å². The van der Waals surface area contributed by atoms with Crippen molar-refractivity contribution in [3.63, 3.8) is 0 Å². The van der Waals surface area contributed by atoms with Gasteiger partial charge in [-0.25, -0.2) is 8.78 Å². The van der Waals surface area contributed by atoms with E-state index in [-0.39, 0.29) is 0 Å². The molecule has 1 rings (SSSR count). The molecule has 0 aliphatic heterocycles. The van der Waals surface area contributed by atoms with E-state index in [0.717, 1.165) is 24.8 Å². The van der Waals surface area contributed by atoms with E-state index in [1.54, 1.807) is 6.07 Å². The summed E-state index contributed by atoms with van der Waals surface area (Å²) in [6.45, 7) is 4.26. The Morgan fingerprint density at radius 3 is 2.50 bits per heavy atom. The minimum absolute atomic E-state index is 0.532. The summed E-state index contributed by atoms with van der Waals surface area (Å²) in [6.07, 6.45) is 3.08. The minimum Gasteiger partial charge on any atom is -0.204 e. The molecule has 14 heavy (non-hydrogen) atoms. The zero-order chi connectivity index (χ0) is 10.6. The molecule has 0 saturated carbocycles. The highest BCUT2D eigenvalue weighted by molar-refractivity contribution is 5.18. The second kappa shape index (κ2) is 5.08. The number of benzene rings is 1. The van der Waals surface area contributed by atoms with Crippen LogP contribution in [0.3, 0.4) is 0 Å². The third-order valence-corrected chi connectivity index (χ3v) is 2.35. The van der Waals surface area contributed by atoms with Crippen molar-refractivity contribution in [2.45, 2.75) is 33.1 Å². The van der Waals surface area contributed by atoms with Crippen molar-refractivity contribution >= 4 is 0 Å². The molecule has 78 valence electrons. The molecule has 0 N–H and O–H groups in total. The first-order chi connectivity index (χ1) is 6.63. The van der Waals surface area contributed by atoms with Gasteiger partial charge >= 0.3 is 0 Å². The lowest BCUT2D eigenvalue weighted by Gasteiger charge is -2.09. The normalized spacial score (nSPS) is 12.9. The van der Waals surface area contributed by atoms with Crippen LogP contribution in [-0.2, 0) is 6.42 Å². The molecule has 0 radical (unpaired) electrons. The third kappa shape index (κ3) is 3.09. The highest BCUT2D eigenvalue weighted by Gasteiger charge is 2.06. The maximum absolute atomic E-state index is 12.8. The van der Waals surface area contributed by atoms with Crippen molar-refractivity contribution in [2.24, 2.45) is 5.92 Å². The molecule has 0 saturated heterocycles. The van der Waals surface area contributed by atoms with Gasteiger partial charge in [0.15, 0.2) is 11.6 Å². The topological polar surface area (TPSA) is 0 Å². The van der Waals surface area contributed by atoms with Crippen molar-refractivity contribution in [2.75, 3.05) is 0 Å². The molecule has 0 spiro atoms. The van der Waals surface area contributed by atoms with Gasteiger partial charge < -0.3 is 0 Å². The average Bonchev–Trinajstić information content (AvgIpc) is 2.12. The highest BCUT2D eigenvalue weighted by atomic mass is 19.2. The predicted molar refractivity (Wildman–Crippen MR) is 54.1 cm³/mol. The zero-order valence-corrected chi connectivity index (χ0v) is 8.69. The van der Waals surface area contributed by atoms with Crippen LogP contribution in [0.4, 0.5) is 8.78 Å². The average molecular weight is 198 g/mol. The van der Waals surface area contributed by atoms with E-state index in [9.17, 15) is 8.78 Å². The van der Waals surface area contributed by atoms with E-state index in [4.69, 9.17) is 0 Å². The monoisotopic (exact) mass is 198 g/mol. The van der Waals surface area contributed by atoms with Gasteiger partial charge in [0.05, 0.1) is 0 Å². The van der Waals surface area contributed by atoms with Crippen molar-refractivity contribution in [1.82, 2.24) is 0 Å². The molecule has 1 atom stereocenters. The molecule has 0 fully saturated rings. The van der Waals surface area contributed by atoms with Gasteiger partial charge in [0.25, 0.3) is 0 Å². The van der Waals surface area contributed by atoms with Gasteiger partial charge in [-0.15, -0.1) is 0 Å². The molecule has 0 aliphatic rings. The Balaban J connectivity index is 2.63. The predicted octanol–water partition coefficient (Wildman–Crippen LogP) is 3.94. The molecule has 0 aliphatic carbocycles. The summed E-state index contributed by atoms with van der Waals surface area (Å²) in [7, 11) is 0. The maximum Gasteiger partial charge on any atom is 0.159 e. The van der Waals surface area contributed by atoms with E-state index in [2.05, 4.69) is 13.8 Å². The number of hydrogen-bond acceptors (Lipinski definition) is 0. The first-order valence-corrected chi connectivity index (χ1v) is 5.07. The summed E-state index contributed by atoms with van der Waals surface area (Å²) in [5.41, 5.74) is 0.879. The van der Waals surface area contributed by atoms with Crippen molar-refractivity contribution in [1.29, 1.82) is 0 Å². The second-order valence-corrected chi connectivity index (χ2v) is 3.85. The van der Waals surface area contributed by atoms with E-state index in [0.29, 0.717) is 5.92 Å². The van der Waals surface area contributed by atoms with Gasteiger partial charge in [0.1, 0.15) is 0 Å². The summed E-state index contributed by atoms with van der Waals surface area (Å²) in [5.74, 6) is -0.979. The van der Waals surface area contributed by atoms with E-state index < -0.39 is 11.6 Å². The van der Waals surface area contributed by atoms with Crippen LogP contribution in [0.15, 0.2) is 18.2 Å². The largest absolute Gasteiger partial charge is 0.204 e. The first kappa shape index (κ1) is 11.2. The molecule has 0 bridgehead atoms. The maximum atomic E-state index is 12.8. The quantitative estimate of drug-likeness (QED) is 0.687. The Kier molecular flexibility index (Phi) is 4.05. The van der Waals surface area contributed by atoms with Crippen LogP contribution in [0.5, 0.6) is 0 Å². The standard InChI is InChI=1S/C12H16F2/c1-3-4-9(2)7-10-5-6-11(13)12(14)8-10/h5-6,8-9H,3-4,7H2,1-2H3. The molecule has 1 aromatic carbocycles. The number of rotatable bonds is 4. The third-order valence-electron chi connectivity index (χ3n) is 2.35. The molecule has 1 unspecified atom stereocenters. The molecule has 0 heterocycles. The smallest absolute Gasteiger partial charge is 0.159 e. The molecule has 0 amide bonds. The number of halogens is 2. The summed E-state index contributed by atoms with van der Waals surface area (Å²) >= 11 is 0. The van der Waals surface area contributed by atoms with Crippen LogP contribution >= 0.6 is 0 Å². The Hall–Kier alpha value is -0.920. The van der Waals surface area contributed by atoms with Gasteiger partial charge in [-0.3, -0.25) is 0 Å². The lowest BCUT2D eigenvalue weighted by molar-refractivity contribution is 0.497. The summed E-state index contributed by atoms with van der Waals surface area (Å²) in [4.78, 5) is 0. The molecular formula is C12H16F2. The fourth-order valence-corrected chi connectivity index (χ4v) is 1.66. The van der Waals surface area contributed by atoms with Crippen molar-refractivity contribution < 1.29 is 8.78 Å². The van der Waals surface area contributed by atoms with Crippen LogP contribution in [0.2, 0.25) is 0 Å². The SMILES string of the molecule is CCCC(C)Cc1ccc(F)c(F)c1. The van der Waals surface area contributed by atoms with Crippen molar-refractivity contribution in [3.05, 3.63) is 35.4 Å². The van der Waals surface area contributed by atoms with E-state index in [1.807, 2.05) is 0 Å². The van der Waals surface area contributed by atoms with Crippen LogP contribution in [0.25, 0.3) is 0 Å². The van der Waals surface area contributed by atoms with E-state index >= 15 is 0 Å². The molecule has 0 aromatic heterocycles. The summed E-state index contributed by atoms with van der Waals surface area (Å²) in [6, 6.07) is 4.15. The highest BCUT2D eigenvalue weighted by Crippen LogP contribution is 2.15. The van der Waals surface area contributed by atoms with Gasteiger partial charge in [0, 0.05) is 0 Å². The number of hydrogen-bond donors (Lipinski definition) is 0. The lowest BCUT2D eigenvalue weighted by Crippen LogP contribution is -2.00. The summed E-state index contributed by atoms with van der Waals surface area (Å²) in [5, 5.41) is 0. The van der Waals surface area contributed by atoms with Gasteiger partial charge in [-0.05, 0) is 30.0 Å². The van der Waals surface area contributed by atoms with Gasteiger partial charge in [0.2, 0.25) is 0 Å². The van der Waals surface area contributed by atoms with E-state index in [1.165, 1.54) is 12.1 Å². The van der Waals surface area contributed by atoms with Crippen LogP contribution in [-0.4, -0.2) is 0 Å². The first-order valence-electron chi connectivity index (χ1n) is 5.07. The van der Waals surface area contributed by atoms with Crippen LogP contribution in [0, 0.1) is 17.6 Å². The van der Waals surface area contributed by atoms with Crippen molar-refractivity contribution in [3.8, 4) is 0 Å². The Morgan fingerprint density at radius 1 is 1.21 bits per heavy atom. The Bertz CT molecular complexity index is 294. The Labute approximate surface area is 84.0 Å². The van der Waals surface area contributed by atoms with Crippen LogP contribution in [0.1, 0.15) is 32.3 Å². The lowest BCUT2D eigenvalue weighted by atomic mass is 9.97.